The van der Waals surface area contributed by atoms with Crippen LogP contribution in [0.15, 0.2) is 24.3 Å². The number of aliphatic hydroxyl groups is 1. The summed E-state index contributed by atoms with van der Waals surface area (Å²) in [5.74, 6) is 0.181. The first kappa shape index (κ1) is 11.9. The van der Waals surface area contributed by atoms with Crippen LogP contribution in [-0.4, -0.2) is 11.2 Å². The maximum Gasteiger partial charge on any atom is 0.0755 e. The minimum Gasteiger partial charge on any atom is -0.391 e. The van der Waals surface area contributed by atoms with Gasteiger partial charge in [-0.1, -0.05) is 32.0 Å². The molecule has 2 nitrogen and oxygen atoms in total. The molecule has 0 aliphatic heterocycles. The Bertz CT molecular complexity index is 301. The molecule has 0 radical (unpaired) electrons. The number of nitrogens with two attached hydrogens (primary N) is 1. The van der Waals surface area contributed by atoms with Gasteiger partial charge in [-0.3, -0.25) is 0 Å². The highest BCUT2D eigenvalue weighted by molar-refractivity contribution is 14.1. The predicted molar refractivity (Wildman–Crippen MR) is 66.9 cm³/mol. The fraction of sp³-hybridized carbons (Fsp3) is 0.455. The summed E-state index contributed by atoms with van der Waals surface area (Å²) in [6, 6.07) is 7.61. The Morgan fingerprint density at radius 3 is 2.36 bits per heavy atom. The molecule has 1 aromatic carbocycles. The Kier molecular flexibility index (Phi) is 4.34. The molecule has 0 aliphatic rings. The molecular formula is C11H16INO. The molecule has 14 heavy (non-hydrogen) atoms. The first-order chi connectivity index (χ1) is 6.54. The van der Waals surface area contributed by atoms with Gasteiger partial charge >= 0.3 is 0 Å². The average Bonchev–Trinajstić information content (AvgIpc) is 2.16. The van der Waals surface area contributed by atoms with E-state index >= 15 is 0 Å². The lowest BCUT2D eigenvalue weighted by Gasteiger charge is -2.23. The van der Waals surface area contributed by atoms with Crippen LogP contribution >= 0.6 is 22.6 Å². The summed E-state index contributed by atoms with van der Waals surface area (Å²) in [5, 5.41) is 9.84. The number of rotatable bonds is 3. The molecule has 0 saturated carbocycles. The predicted octanol–water partition coefficient (Wildman–Crippen LogP) is 2.31. The SMILES string of the molecule is CC(C)[C@@H](O)[C@@H](N)c1ccccc1I. The smallest absolute Gasteiger partial charge is 0.0755 e. The van der Waals surface area contributed by atoms with Crippen molar-refractivity contribution in [2.24, 2.45) is 11.7 Å². The van der Waals surface area contributed by atoms with E-state index in [4.69, 9.17) is 5.73 Å². The molecule has 1 rings (SSSR count). The highest BCUT2D eigenvalue weighted by Gasteiger charge is 2.21. The van der Waals surface area contributed by atoms with Crippen LogP contribution in [0.5, 0.6) is 0 Å². The highest BCUT2D eigenvalue weighted by Crippen LogP contribution is 2.23. The van der Waals surface area contributed by atoms with Gasteiger partial charge in [0.15, 0.2) is 0 Å². The second-order valence-electron chi connectivity index (χ2n) is 3.78. The molecule has 0 aromatic heterocycles. The van der Waals surface area contributed by atoms with E-state index in [2.05, 4.69) is 22.6 Å². The number of hydrogen-bond acceptors (Lipinski definition) is 2. The van der Waals surface area contributed by atoms with Crippen LogP contribution in [0, 0.1) is 9.49 Å². The van der Waals surface area contributed by atoms with Crippen LogP contribution in [-0.2, 0) is 0 Å². The molecule has 1 aromatic rings. The van der Waals surface area contributed by atoms with Gasteiger partial charge in [0.2, 0.25) is 0 Å². The van der Waals surface area contributed by atoms with Gasteiger partial charge in [0.05, 0.1) is 12.1 Å². The van der Waals surface area contributed by atoms with Gasteiger partial charge < -0.3 is 10.8 Å². The van der Waals surface area contributed by atoms with Crippen LogP contribution < -0.4 is 5.73 Å². The van der Waals surface area contributed by atoms with Gasteiger partial charge in [-0.2, -0.15) is 0 Å². The molecule has 3 heteroatoms. The zero-order valence-corrected chi connectivity index (χ0v) is 10.6. The molecule has 0 unspecified atom stereocenters. The summed E-state index contributed by atoms with van der Waals surface area (Å²) in [6.45, 7) is 3.95. The van der Waals surface area contributed by atoms with Crippen molar-refractivity contribution < 1.29 is 5.11 Å². The fourth-order valence-corrected chi connectivity index (χ4v) is 2.09. The summed E-state index contributed by atoms with van der Waals surface area (Å²) in [7, 11) is 0. The monoisotopic (exact) mass is 305 g/mol. The number of benzene rings is 1. The van der Waals surface area contributed by atoms with Crippen LogP contribution in [0.1, 0.15) is 25.5 Å². The average molecular weight is 305 g/mol. The van der Waals surface area contributed by atoms with Crippen molar-refractivity contribution in [1.82, 2.24) is 0 Å². The minimum absolute atomic E-state index is 0.181. The minimum atomic E-state index is -0.481. The van der Waals surface area contributed by atoms with E-state index in [0.717, 1.165) is 9.13 Å². The van der Waals surface area contributed by atoms with E-state index in [0.29, 0.717) is 0 Å². The zero-order chi connectivity index (χ0) is 10.7. The van der Waals surface area contributed by atoms with Gasteiger partial charge in [0, 0.05) is 3.57 Å². The molecule has 78 valence electrons. The maximum atomic E-state index is 9.84. The van der Waals surface area contributed by atoms with Crippen LogP contribution in [0.25, 0.3) is 0 Å². The summed E-state index contributed by atoms with van der Waals surface area (Å²) >= 11 is 2.24. The second-order valence-corrected chi connectivity index (χ2v) is 4.94. The van der Waals surface area contributed by atoms with Gasteiger partial charge in [-0.05, 0) is 40.1 Å². The van der Waals surface area contributed by atoms with E-state index in [1.165, 1.54) is 0 Å². The van der Waals surface area contributed by atoms with Crippen molar-refractivity contribution in [2.45, 2.75) is 26.0 Å². The Morgan fingerprint density at radius 1 is 1.29 bits per heavy atom. The summed E-state index contributed by atoms with van der Waals surface area (Å²) in [4.78, 5) is 0. The number of hydrogen-bond donors (Lipinski definition) is 2. The zero-order valence-electron chi connectivity index (χ0n) is 8.44. The lowest BCUT2D eigenvalue weighted by atomic mass is 9.95. The van der Waals surface area contributed by atoms with Gasteiger partial charge in [-0.15, -0.1) is 0 Å². The second kappa shape index (κ2) is 5.09. The van der Waals surface area contributed by atoms with Gasteiger partial charge in [0.1, 0.15) is 0 Å². The van der Waals surface area contributed by atoms with Gasteiger partial charge in [0.25, 0.3) is 0 Å². The molecule has 3 N–H and O–H groups in total. The molecule has 0 amide bonds. The van der Waals surface area contributed by atoms with Crippen molar-refractivity contribution in [3.8, 4) is 0 Å². The van der Waals surface area contributed by atoms with E-state index in [-0.39, 0.29) is 12.0 Å². The maximum absolute atomic E-state index is 9.84. The summed E-state index contributed by atoms with van der Waals surface area (Å²) in [6.07, 6.45) is -0.481. The normalized spacial score (nSPS) is 15.6. The first-order valence-corrected chi connectivity index (χ1v) is 5.80. The summed E-state index contributed by atoms with van der Waals surface area (Å²) < 4.78 is 1.11. The third kappa shape index (κ3) is 2.68. The molecule has 0 heterocycles. The molecule has 0 spiro atoms. The molecule has 0 aliphatic carbocycles. The van der Waals surface area contributed by atoms with Crippen LogP contribution in [0.2, 0.25) is 0 Å². The molecule has 2 atom stereocenters. The van der Waals surface area contributed by atoms with Crippen molar-refractivity contribution in [2.75, 3.05) is 0 Å². The van der Waals surface area contributed by atoms with Crippen molar-refractivity contribution >= 4 is 22.6 Å². The third-order valence-electron chi connectivity index (χ3n) is 2.32. The standard InChI is InChI=1S/C11H16INO/c1-7(2)11(14)10(13)8-5-3-4-6-9(8)12/h3-7,10-11,14H,13H2,1-2H3/t10-,11+/m0/s1. The molecular weight excluding hydrogens is 289 g/mol. The lowest BCUT2D eigenvalue weighted by molar-refractivity contribution is 0.0977. The van der Waals surface area contributed by atoms with E-state index in [1.54, 1.807) is 0 Å². The number of aliphatic hydroxyl groups excluding tert-OH is 1. The molecule has 0 bridgehead atoms. The van der Waals surface area contributed by atoms with Crippen molar-refractivity contribution in [1.29, 1.82) is 0 Å². The molecule has 0 saturated heterocycles. The Labute approximate surface area is 98.7 Å². The van der Waals surface area contributed by atoms with Crippen LogP contribution in [0.3, 0.4) is 0 Å². The number of halogens is 1. The lowest BCUT2D eigenvalue weighted by Crippen LogP contribution is -2.31. The fourth-order valence-electron chi connectivity index (χ4n) is 1.34. The third-order valence-corrected chi connectivity index (χ3v) is 3.30. The Morgan fingerprint density at radius 2 is 1.86 bits per heavy atom. The van der Waals surface area contributed by atoms with E-state index in [1.807, 2.05) is 38.1 Å². The van der Waals surface area contributed by atoms with Gasteiger partial charge in [-0.25, -0.2) is 0 Å². The van der Waals surface area contributed by atoms with E-state index < -0.39 is 6.10 Å². The molecule has 0 fully saturated rings. The topological polar surface area (TPSA) is 46.2 Å². The Hall–Kier alpha value is -0.130. The first-order valence-electron chi connectivity index (χ1n) is 4.72. The quantitative estimate of drug-likeness (QED) is 0.842. The summed E-state index contributed by atoms with van der Waals surface area (Å²) in [5.41, 5.74) is 7.01. The van der Waals surface area contributed by atoms with E-state index in [9.17, 15) is 5.11 Å². The Balaban J connectivity index is 2.89. The van der Waals surface area contributed by atoms with Crippen molar-refractivity contribution in [3.05, 3.63) is 33.4 Å². The van der Waals surface area contributed by atoms with Crippen LogP contribution in [0.4, 0.5) is 0 Å². The largest absolute Gasteiger partial charge is 0.391 e. The highest BCUT2D eigenvalue weighted by atomic mass is 127. The van der Waals surface area contributed by atoms with Crippen molar-refractivity contribution in [3.63, 3.8) is 0 Å².